The van der Waals surface area contributed by atoms with E-state index in [0.717, 1.165) is 31.2 Å². The molecule has 0 saturated heterocycles. The van der Waals surface area contributed by atoms with Crippen molar-refractivity contribution >= 4 is 17.3 Å². The number of carbonyl (C=O) groups is 1. The summed E-state index contributed by atoms with van der Waals surface area (Å²) >= 11 is 1.71. The lowest BCUT2D eigenvalue weighted by molar-refractivity contribution is -0.144. The summed E-state index contributed by atoms with van der Waals surface area (Å²) in [6.45, 7) is 0. The zero-order valence-corrected chi connectivity index (χ0v) is 12.2. The lowest BCUT2D eigenvalue weighted by Gasteiger charge is -2.35. The minimum atomic E-state index is -0.696. The van der Waals surface area contributed by atoms with Crippen molar-refractivity contribution in [3.05, 3.63) is 57.8 Å². The number of benzene rings is 1. The van der Waals surface area contributed by atoms with Gasteiger partial charge in [-0.1, -0.05) is 30.3 Å². The van der Waals surface area contributed by atoms with Crippen LogP contribution in [0.5, 0.6) is 0 Å². The SMILES string of the molecule is O=C(O)C1(CCc2cccs2)CCCc2ccccc21. The molecule has 1 unspecified atom stereocenters. The predicted molar refractivity (Wildman–Crippen MR) is 81.3 cm³/mol. The molecule has 1 aromatic carbocycles. The van der Waals surface area contributed by atoms with Crippen LogP contribution in [0.4, 0.5) is 0 Å². The van der Waals surface area contributed by atoms with Crippen molar-refractivity contribution in [1.82, 2.24) is 0 Å². The number of carboxylic acid groups (broad SMARTS) is 1. The Morgan fingerprint density at radius 3 is 2.85 bits per heavy atom. The zero-order chi connectivity index (χ0) is 14.0. The van der Waals surface area contributed by atoms with Crippen molar-refractivity contribution in [3.8, 4) is 0 Å². The van der Waals surface area contributed by atoms with Crippen molar-refractivity contribution < 1.29 is 9.90 Å². The van der Waals surface area contributed by atoms with E-state index < -0.39 is 11.4 Å². The summed E-state index contributed by atoms with van der Waals surface area (Å²) in [5.74, 6) is -0.666. The molecule has 1 N–H and O–H groups in total. The number of rotatable bonds is 4. The van der Waals surface area contributed by atoms with E-state index in [1.54, 1.807) is 11.3 Å². The number of aryl methyl sites for hydroxylation is 2. The summed E-state index contributed by atoms with van der Waals surface area (Å²) in [6, 6.07) is 12.2. The highest BCUT2D eigenvalue weighted by Gasteiger charge is 2.42. The smallest absolute Gasteiger partial charge is 0.314 e. The first-order valence-corrected chi connectivity index (χ1v) is 7.94. The predicted octanol–water partition coefficient (Wildman–Crippen LogP) is 4.04. The summed E-state index contributed by atoms with van der Waals surface area (Å²) < 4.78 is 0. The average molecular weight is 286 g/mol. The molecular weight excluding hydrogens is 268 g/mol. The van der Waals surface area contributed by atoms with Crippen LogP contribution in [0.1, 0.15) is 35.3 Å². The molecule has 1 aliphatic rings. The van der Waals surface area contributed by atoms with Crippen LogP contribution in [0.25, 0.3) is 0 Å². The Labute approximate surface area is 123 Å². The quantitative estimate of drug-likeness (QED) is 0.921. The highest BCUT2D eigenvalue weighted by atomic mass is 32.1. The van der Waals surface area contributed by atoms with Crippen LogP contribution in [0.3, 0.4) is 0 Å². The Morgan fingerprint density at radius 2 is 2.10 bits per heavy atom. The van der Waals surface area contributed by atoms with Crippen molar-refractivity contribution in [1.29, 1.82) is 0 Å². The van der Waals surface area contributed by atoms with Crippen molar-refractivity contribution in [2.45, 2.75) is 37.5 Å². The fourth-order valence-corrected chi connectivity index (χ4v) is 4.01. The number of thiophene rings is 1. The second-order valence-corrected chi connectivity index (χ2v) is 6.51. The molecule has 0 radical (unpaired) electrons. The van der Waals surface area contributed by atoms with Gasteiger partial charge in [-0.25, -0.2) is 0 Å². The minimum absolute atomic E-state index is 0.666. The number of hydrogen-bond acceptors (Lipinski definition) is 2. The Bertz CT molecular complexity index is 603. The van der Waals surface area contributed by atoms with E-state index in [4.69, 9.17) is 0 Å². The molecule has 0 saturated carbocycles. The lowest BCUT2D eigenvalue weighted by atomic mass is 9.67. The van der Waals surface area contributed by atoms with E-state index in [2.05, 4.69) is 17.5 Å². The van der Waals surface area contributed by atoms with E-state index >= 15 is 0 Å². The first kappa shape index (κ1) is 13.4. The fourth-order valence-electron chi connectivity index (χ4n) is 3.30. The molecule has 1 aliphatic carbocycles. The molecule has 0 amide bonds. The molecule has 1 heterocycles. The highest BCUT2D eigenvalue weighted by Crippen LogP contribution is 2.41. The molecule has 2 aromatic rings. The Kier molecular flexibility index (Phi) is 3.62. The Balaban J connectivity index is 1.95. The minimum Gasteiger partial charge on any atom is -0.481 e. The summed E-state index contributed by atoms with van der Waals surface area (Å²) in [4.78, 5) is 13.3. The van der Waals surface area contributed by atoms with E-state index in [-0.39, 0.29) is 0 Å². The van der Waals surface area contributed by atoms with E-state index in [1.165, 1.54) is 10.4 Å². The van der Waals surface area contributed by atoms with Gasteiger partial charge in [-0.3, -0.25) is 4.79 Å². The molecule has 3 rings (SSSR count). The molecule has 104 valence electrons. The maximum atomic E-state index is 12.0. The third kappa shape index (κ3) is 2.27. The summed E-state index contributed by atoms with van der Waals surface area (Å²) in [5.41, 5.74) is 1.56. The summed E-state index contributed by atoms with van der Waals surface area (Å²) in [7, 11) is 0. The third-order valence-electron chi connectivity index (χ3n) is 4.37. The number of carboxylic acids is 1. The molecular formula is C17H18O2S. The van der Waals surface area contributed by atoms with Crippen molar-refractivity contribution in [3.63, 3.8) is 0 Å². The van der Waals surface area contributed by atoms with Gasteiger partial charge in [0.15, 0.2) is 0 Å². The fraction of sp³-hybridized carbons (Fsp3) is 0.353. The lowest BCUT2D eigenvalue weighted by Crippen LogP contribution is -2.39. The van der Waals surface area contributed by atoms with Crippen LogP contribution in [0, 0.1) is 0 Å². The van der Waals surface area contributed by atoms with Gasteiger partial charge < -0.3 is 5.11 Å². The van der Waals surface area contributed by atoms with Crippen LogP contribution in [0.15, 0.2) is 41.8 Å². The zero-order valence-electron chi connectivity index (χ0n) is 11.3. The average Bonchev–Trinajstić information content (AvgIpc) is 2.98. The van der Waals surface area contributed by atoms with Gasteiger partial charge in [0.2, 0.25) is 0 Å². The number of aliphatic carboxylic acids is 1. The highest BCUT2D eigenvalue weighted by molar-refractivity contribution is 7.09. The first-order valence-electron chi connectivity index (χ1n) is 7.06. The van der Waals surface area contributed by atoms with Gasteiger partial charge in [0.1, 0.15) is 0 Å². The molecule has 0 spiro atoms. The molecule has 20 heavy (non-hydrogen) atoms. The van der Waals surface area contributed by atoms with Gasteiger partial charge in [0, 0.05) is 4.88 Å². The van der Waals surface area contributed by atoms with Crippen molar-refractivity contribution in [2.75, 3.05) is 0 Å². The normalized spacial score (nSPS) is 21.4. The van der Waals surface area contributed by atoms with Crippen LogP contribution >= 0.6 is 11.3 Å². The summed E-state index contributed by atoms with van der Waals surface area (Å²) in [5, 5.41) is 11.9. The summed E-state index contributed by atoms with van der Waals surface area (Å²) in [6.07, 6.45) is 4.26. The Hall–Kier alpha value is -1.61. The standard InChI is InChI=1S/C17H18O2S/c18-16(19)17(11-9-14-7-4-12-20-14)10-3-6-13-5-1-2-8-15(13)17/h1-2,4-5,7-8,12H,3,6,9-11H2,(H,18,19). The number of fused-ring (bicyclic) bond motifs is 1. The van der Waals surface area contributed by atoms with Gasteiger partial charge >= 0.3 is 5.97 Å². The molecule has 3 heteroatoms. The van der Waals surface area contributed by atoms with Crippen LogP contribution in [0.2, 0.25) is 0 Å². The largest absolute Gasteiger partial charge is 0.481 e. The van der Waals surface area contributed by atoms with Gasteiger partial charge in [-0.15, -0.1) is 11.3 Å². The van der Waals surface area contributed by atoms with Gasteiger partial charge in [0.25, 0.3) is 0 Å². The molecule has 1 atom stereocenters. The van der Waals surface area contributed by atoms with E-state index in [0.29, 0.717) is 6.42 Å². The molecule has 0 bridgehead atoms. The molecule has 1 aromatic heterocycles. The van der Waals surface area contributed by atoms with Crippen LogP contribution in [-0.4, -0.2) is 11.1 Å². The molecule has 2 nitrogen and oxygen atoms in total. The monoisotopic (exact) mass is 286 g/mol. The molecule has 0 fully saturated rings. The molecule has 0 aliphatic heterocycles. The van der Waals surface area contributed by atoms with E-state index in [1.807, 2.05) is 24.3 Å². The number of hydrogen-bond donors (Lipinski definition) is 1. The maximum absolute atomic E-state index is 12.0. The van der Waals surface area contributed by atoms with Gasteiger partial charge in [0.05, 0.1) is 5.41 Å². The third-order valence-corrected chi connectivity index (χ3v) is 5.31. The topological polar surface area (TPSA) is 37.3 Å². The van der Waals surface area contributed by atoms with E-state index in [9.17, 15) is 9.90 Å². The second-order valence-electron chi connectivity index (χ2n) is 5.48. The van der Waals surface area contributed by atoms with Crippen LogP contribution in [-0.2, 0) is 23.1 Å². The maximum Gasteiger partial charge on any atom is 0.314 e. The second kappa shape index (κ2) is 5.41. The Morgan fingerprint density at radius 1 is 1.25 bits per heavy atom. The van der Waals surface area contributed by atoms with Gasteiger partial charge in [-0.05, 0) is 54.7 Å². The first-order chi connectivity index (χ1) is 9.72. The van der Waals surface area contributed by atoms with Gasteiger partial charge in [-0.2, -0.15) is 0 Å². The van der Waals surface area contributed by atoms with Crippen molar-refractivity contribution in [2.24, 2.45) is 0 Å². The van der Waals surface area contributed by atoms with Crippen LogP contribution < -0.4 is 0 Å².